The van der Waals surface area contributed by atoms with Crippen LogP contribution in [-0.2, 0) is 18.9 Å². The van der Waals surface area contributed by atoms with Gasteiger partial charge in [-0.15, -0.1) is 4.67 Å². The van der Waals surface area contributed by atoms with E-state index in [4.69, 9.17) is 21.2 Å². The fourth-order valence-corrected chi connectivity index (χ4v) is 4.08. The Morgan fingerprint density at radius 2 is 2.03 bits per heavy atom. The molecule has 0 spiro atoms. The average Bonchev–Trinajstić information content (AvgIpc) is 3.36. The number of anilines is 1. The first kappa shape index (κ1) is 21.0. The Morgan fingerprint density at radius 3 is 2.72 bits per heavy atom. The molecule has 2 aliphatic rings. The number of fused-ring (bicyclic) bond motifs is 1. The Balaban J connectivity index is 1.58. The maximum Gasteiger partial charge on any atom is 0.352 e. The van der Waals surface area contributed by atoms with Crippen LogP contribution in [0.15, 0.2) is 12.3 Å². The van der Waals surface area contributed by atoms with Crippen LogP contribution in [0.25, 0.3) is 11.0 Å². The van der Waals surface area contributed by atoms with Gasteiger partial charge in [0.05, 0.1) is 5.39 Å². The van der Waals surface area contributed by atoms with E-state index in [2.05, 4.69) is 24.4 Å². The van der Waals surface area contributed by atoms with Crippen LogP contribution in [0.3, 0.4) is 0 Å². The number of aliphatic hydroxyl groups is 2. The Hall–Kier alpha value is -1.30. The first-order chi connectivity index (χ1) is 13.7. The van der Waals surface area contributed by atoms with Gasteiger partial charge in [-0.3, -0.25) is 4.57 Å². The average molecular weight is 449 g/mol. The summed E-state index contributed by atoms with van der Waals surface area (Å²) in [6.45, 7) is 2.37. The maximum atomic E-state index is 11.1. The molecule has 0 aromatic carbocycles. The Morgan fingerprint density at radius 1 is 1.31 bits per heavy atom. The molecule has 2 fully saturated rings. The second kappa shape index (κ2) is 8.09. The highest BCUT2D eigenvalue weighted by Gasteiger charge is 2.44. The number of nitrogens with zero attached hydrogens (tertiary/aromatic N) is 4. The minimum atomic E-state index is -3.84. The molecule has 29 heavy (non-hydrogen) atoms. The highest BCUT2D eigenvalue weighted by Crippen LogP contribution is 2.38. The summed E-state index contributed by atoms with van der Waals surface area (Å²) in [4.78, 5) is 24.6. The zero-order valence-electron chi connectivity index (χ0n) is 15.6. The summed E-state index contributed by atoms with van der Waals surface area (Å²) in [6.07, 6.45) is -0.697. The highest BCUT2D eigenvalue weighted by atomic mass is 35.5. The molecule has 4 rings (SSSR count). The van der Waals surface area contributed by atoms with Crippen molar-refractivity contribution in [1.29, 1.82) is 0 Å². The predicted octanol–water partition coefficient (Wildman–Crippen LogP) is 1.07. The van der Waals surface area contributed by atoms with Crippen LogP contribution in [-0.4, -0.2) is 74.3 Å². The summed E-state index contributed by atoms with van der Waals surface area (Å²) < 4.78 is 22.8. The molecule has 0 saturated carbocycles. The van der Waals surface area contributed by atoms with Crippen molar-refractivity contribution in [3.8, 4) is 0 Å². The molecular weight excluding hydrogens is 427 g/mol. The molecule has 2 aromatic heterocycles. The third-order valence-electron chi connectivity index (χ3n) is 4.96. The van der Waals surface area contributed by atoms with Crippen molar-refractivity contribution in [2.75, 3.05) is 31.3 Å². The van der Waals surface area contributed by atoms with E-state index in [9.17, 15) is 14.8 Å². The molecule has 2 saturated heterocycles. The van der Waals surface area contributed by atoms with Crippen LogP contribution >= 0.6 is 19.2 Å². The number of rotatable bonds is 6. The summed E-state index contributed by atoms with van der Waals surface area (Å²) in [5, 5.41) is 21.6. The van der Waals surface area contributed by atoms with E-state index >= 15 is 0 Å². The van der Waals surface area contributed by atoms with Crippen molar-refractivity contribution in [3.63, 3.8) is 0 Å². The zero-order valence-corrected chi connectivity index (χ0v) is 17.2. The molecule has 0 amide bonds. The summed E-state index contributed by atoms with van der Waals surface area (Å²) in [6, 6.07) is 1.81. The smallest absolute Gasteiger partial charge is 0.352 e. The normalized spacial score (nSPS) is 29.6. The van der Waals surface area contributed by atoms with Crippen LogP contribution < -0.4 is 4.90 Å². The zero-order chi connectivity index (χ0) is 20.8. The third-order valence-corrected chi connectivity index (χ3v) is 5.52. The van der Waals surface area contributed by atoms with Gasteiger partial charge in [0.25, 0.3) is 0 Å². The molecule has 5 atom stereocenters. The second-order valence-corrected chi connectivity index (χ2v) is 9.27. The van der Waals surface area contributed by atoms with Gasteiger partial charge in [0.2, 0.25) is 5.28 Å². The van der Waals surface area contributed by atoms with Crippen molar-refractivity contribution >= 4 is 36.0 Å². The van der Waals surface area contributed by atoms with E-state index in [0.717, 1.165) is 43.8 Å². The van der Waals surface area contributed by atoms with Crippen molar-refractivity contribution in [2.45, 2.75) is 37.4 Å². The van der Waals surface area contributed by atoms with Crippen molar-refractivity contribution < 1.29 is 34.0 Å². The number of aliphatic hydroxyl groups excluding tert-OH is 2. The third kappa shape index (κ3) is 4.28. The minimum Gasteiger partial charge on any atom is -0.387 e. The lowest BCUT2D eigenvalue weighted by atomic mass is 10.1. The minimum absolute atomic E-state index is 0.0716. The predicted molar refractivity (Wildman–Crippen MR) is 103 cm³/mol. The van der Waals surface area contributed by atoms with Gasteiger partial charge in [-0.05, 0) is 30.5 Å². The molecule has 4 heterocycles. The Kier molecular flexibility index (Phi) is 5.84. The molecule has 13 heteroatoms. The van der Waals surface area contributed by atoms with E-state index < -0.39 is 32.1 Å². The largest absolute Gasteiger partial charge is 0.387 e. The van der Waals surface area contributed by atoms with Gasteiger partial charge in [-0.1, -0.05) is 0 Å². The molecule has 1 unspecified atom stereocenters. The lowest BCUT2D eigenvalue weighted by Crippen LogP contribution is -2.33. The van der Waals surface area contributed by atoms with Crippen molar-refractivity contribution in [1.82, 2.24) is 14.5 Å². The molecule has 11 nitrogen and oxygen atoms in total. The van der Waals surface area contributed by atoms with E-state index in [0.29, 0.717) is 5.65 Å². The number of halogens is 1. The Bertz CT molecular complexity index is 931. The van der Waals surface area contributed by atoms with E-state index in [1.807, 2.05) is 6.07 Å². The maximum absolute atomic E-state index is 11.1. The molecule has 0 aliphatic carbocycles. The van der Waals surface area contributed by atoms with Gasteiger partial charge < -0.3 is 29.3 Å². The van der Waals surface area contributed by atoms with Gasteiger partial charge in [0.1, 0.15) is 36.4 Å². The number of ether oxygens (including phenoxy) is 1. The molecular formula is C16H22ClN4O7P. The molecule has 3 N–H and O–H groups in total. The van der Waals surface area contributed by atoms with E-state index in [1.54, 1.807) is 10.8 Å². The lowest BCUT2D eigenvalue weighted by molar-refractivity contribution is -0.238. The fourth-order valence-electron chi connectivity index (χ4n) is 3.66. The molecule has 2 aromatic rings. The lowest BCUT2D eigenvalue weighted by Gasteiger charge is -2.19. The Labute approximate surface area is 171 Å². The van der Waals surface area contributed by atoms with Crippen LogP contribution in [0.2, 0.25) is 5.28 Å². The van der Waals surface area contributed by atoms with Crippen molar-refractivity contribution in [2.24, 2.45) is 0 Å². The van der Waals surface area contributed by atoms with Gasteiger partial charge in [-0.2, -0.15) is 9.97 Å². The van der Waals surface area contributed by atoms with Crippen LogP contribution in [0.1, 0.15) is 19.1 Å². The number of hydrogen-bond acceptors (Lipinski definition) is 9. The van der Waals surface area contributed by atoms with Gasteiger partial charge in [0, 0.05) is 26.0 Å². The second-order valence-electron chi connectivity index (χ2n) is 7.18. The molecule has 0 radical (unpaired) electrons. The first-order valence-electron chi connectivity index (χ1n) is 9.17. The number of hydrogen-bond donors (Lipinski definition) is 3. The molecule has 0 bridgehead atoms. The molecule has 2 aliphatic heterocycles. The SMILES string of the molecule is CP(=O)(O)OOC[C@H]1O[C@@H](n2ccc3c(N4CCCC4)nc(Cl)nc32)[C@H](O)[C@@H]1O. The standard InChI is InChI=1S/C16H22ClN4O7P/c1-29(24,25)28-26-8-10-11(22)12(23)15(27-10)21-7-4-9-13(20-5-2-3-6-20)18-16(17)19-14(9)21/h4,7,10-12,15,22-23H,2-3,5-6,8H2,1H3,(H,24,25)/t10-,11-,12-,15-/m1/s1. The van der Waals surface area contributed by atoms with Gasteiger partial charge in [-0.25, -0.2) is 4.89 Å². The topological polar surface area (TPSA) is 139 Å². The van der Waals surface area contributed by atoms with E-state index in [1.165, 1.54) is 0 Å². The van der Waals surface area contributed by atoms with Crippen molar-refractivity contribution in [3.05, 3.63) is 17.5 Å². The van der Waals surface area contributed by atoms with Crippen LogP contribution in [0.4, 0.5) is 5.82 Å². The van der Waals surface area contributed by atoms with Gasteiger partial charge >= 0.3 is 7.60 Å². The first-order valence-corrected chi connectivity index (χ1v) is 11.6. The number of aromatic nitrogens is 3. The fraction of sp³-hybridized carbons (Fsp3) is 0.625. The summed E-state index contributed by atoms with van der Waals surface area (Å²) >= 11 is 6.14. The summed E-state index contributed by atoms with van der Waals surface area (Å²) in [7, 11) is -3.84. The summed E-state index contributed by atoms with van der Waals surface area (Å²) in [5.41, 5.74) is 0.467. The van der Waals surface area contributed by atoms with Gasteiger partial charge in [0.15, 0.2) is 6.23 Å². The van der Waals surface area contributed by atoms with Crippen LogP contribution in [0.5, 0.6) is 0 Å². The monoisotopic (exact) mass is 448 g/mol. The quantitative estimate of drug-likeness (QED) is 0.254. The highest BCUT2D eigenvalue weighted by molar-refractivity contribution is 7.51. The summed E-state index contributed by atoms with van der Waals surface area (Å²) in [5.74, 6) is 0.721. The van der Waals surface area contributed by atoms with E-state index in [-0.39, 0.29) is 11.9 Å². The molecule has 160 valence electrons. The van der Waals surface area contributed by atoms with Crippen LogP contribution in [0, 0.1) is 0 Å².